The van der Waals surface area contributed by atoms with Crippen molar-refractivity contribution < 1.29 is 9.59 Å². The van der Waals surface area contributed by atoms with E-state index in [4.69, 9.17) is 5.41 Å². The first-order valence-corrected chi connectivity index (χ1v) is 8.85. The van der Waals surface area contributed by atoms with Crippen LogP contribution in [-0.4, -0.2) is 17.7 Å². The van der Waals surface area contributed by atoms with E-state index in [-0.39, 0.29) is 11.1 Å². The number of nitrogens with zero attached hydrogens (tertiary/aromatic N) is 3. The van der Waals surface area contributed by atoms with Crippen molar-refractivity contribution in [3.8, 4) is 18.2 Å². The van der Waals surface area contributed by atoms with E-state index in [1.165, 1.54) is 0 Å². The van der Waals surface area contributed by atoms with Gasteiger partial charge in [0, 0.05) is 11.4 Å². The van der Waals surface area contributed by atoms with Crippen molar-refractivity contribution in [2.75, 3.05) is 10.6 Å². The highest BCUT2D eigenvalue weighted by Crippen LogP contribution is 2.61. The molecular formula is C22H12N6O2. The van der Waals surface area contributed by atoms with Crippen molar-refractivity contribution in [3.05, 3.63) is 65.2 Å². The molecule has 0 bridgehead atoms. The number of fused-ring (bicyclic) bond motifs is 2. The summed E-state index contributed by atoms with van der Waals surface area (Å²) in [5, 5.41) is 42.7. The number of nitrogens with one attached hydrogen (secondary N) is 3. The van der Waals surface area contributed by atoms with E-state index in [9.17, 15) is 25.4 Å². The van der Waals surface area contributed by atoms with E-state index in [1.54, 1.807) is 48.5 Å². The summed E-state index contributed by atoms with van der Waals surface area (Å²) in [6.07, 6.45) is 0. The first-order chi connectivity index (χ1) is 14.5. The second-order valence-electron chi connectivity index (χ2n) is 6.86. The predicted octanol–water partition coefficient (Wildman–Crippen LogP) is 2.13. The molecule has 2 aliphatic rings. The number of carbonyl (C=O) groups excluding carboxylic acids is 2. The van der Waals surface area contributed by atoms with Crippen LogP contribution < -0.4 is 10.6 Å². The molecule has 2 aromatic rings. The van der Waals surface area contributed by atoms with Crippen molar-refractivity contribution in [2.45, 2.75) is 10.8 Å². The fourth-order valence-corrected chi connectivity index (χ4v) is 4.68. The van der Waals surface area contributed by atoms with Gasteiger partial charge >= 0.3 is 0 Å². The minimum absolute atomic E-state index is 0.230. The number of rotatable bonds is 3. The SMILES string of the molecule is N#CC(=C=N)C1(C2(C(C#N)C#N)C(=O)Nc3ccccc32)C(=O)Nc2ccccc21. The number of anilines is 2. The Morgan fingerprint density at radius 1 is 0.867 bits per heavy atom. The Morgan fingerprint density at radius 2 is 1.40 bits per heavy atom. The average molecular weight is 392 g/mol. The van der Waals surface area contributed by atoms with Crippen LogP contribution >= 0.6 is 0 Å². The number of amides is 2. The Morgan fingerprint density at radius 3 is 1.97 bits per heavy atom. The van der Waals surface area contributed by atoms with E-state index in [0.717, 1.165) is 0 Å². The van der Waals surface area contributed by atoms with Crippen molar-refractivity contribution in [1.29, 1.82) is 21.2 Å². The summed E-state index contributed by atoms with van der Waals surface area (Å²) in [5.74, 6) is -1.18. The molecule has 142 valence electrons. The minimum atomic E-state index is -2.13. The Hall–Kier alpha value is -4.70. The largest absolute Gasteiger partial charge is 0.325 e. The van der Waals surface area contributed by atoms with Gasteiger partial charge in [0.25, 0.3) is 0 Å². The van der Waals surface area contributed by atoms with E-state index >= 15 is 0 Å². The van der Waals surface area contributed by atoms with Gasteiger partial charge < -0.3 is 10.6 Å². The maximum Gasteiger partial charge on any atom is 0.242 e. The van der Waals surface area contributed by atoms with Gasteiger partial charge in [-0.05, 0) is 29.1 Å². The molecule has 2 aromatic carbocycles. The lowest BCUT2D eigenvalue weighted by Gasteiger charge is -2.42. The Bertz CT molecular complexity index is 1290. The maximum atomic E-state index is 13.6. The summed E-state index contributed by atoms with van der Waals surface area (Å²) in [6, 6.07) is 18.4. The third kappa shape index (κ3) is 1.89. The molecule has 0 fully saturated rings. The van der Waals surface area contributed by atoms with Gasteiger partial charge in [-0.3, -0.25) is 15.0 Å². The zero-order valence-electron chi connectivity index (χ0n) is 15.4. The number of para-hydroxylation sites is 2. The van der Waals surface area contributed by atoms with Gasteiger partial charge in [0.2, 0.25) is 11.8 Å². The number of nitriles is 3. The second kappa shape index (κ2) is 6.43. The molecule has 2 unspecified atom stereocenters. The van der Waals surface area contributed by atoms with E-state index in [2.05, 4.69) is 10.6 Å². The lowest BCUT2D eigenvalue weighted by atomic mass is 9.50. The zero-order chi connectivity index (χ0) is 21.5. The Kier molecular flexibility index (Phi) is 4.00. The monoisotopic (exact) mass is 392 g/mol. The normalized spacial score (nSPS) is 23.1. The third-order valence-corrected chi connectivity index (χ3v) is 5.77. The van der Waals surface area contributed by atoms with E-state index in [0.29, 0.717) is 11.4 Å². The molecule has 8 heteroatoms. The van der Waals surface area contributed by atoms with Crippen molar-refractivity contribution in [2.24, 2.45) is 5.92 Å². The standard InChI is InChI=1S/C22H12N6O2/c23-9-13(10-24)21(15-5-1-3-7-17(15)27-19(21)29)22(14(11-25)12-26)16-6-2-4-8-18(16)28-20(22)30/h1-8,13,25H,(H,27,29)(H,28,30). The lowest BCUT2D eigenvalue weighted by Crippen LogP contribution is -2.61. The van der Waals surface area contributed by atoms with Crippen LogP contribution in [0.3, 0.4) is 0 Å². The first-order valence-electron chi connectivity index (χ1n) is 8.85. The van der Waals surface area contributed by atoms with Crippen LogP contribution in [-0.2, 0) is 20.4 Å². The maximum absolute atomic E-state index is 13.6. The molecule has 0 radical (unpaired) electrons. The highest BCUT2D eigenvalue weighted by Gasteiger charge is 2.73. The number of hydrogen-bond acceptors (Lipinski definition) is 6. The van der Waals surface area contributed by atoms with Gasteiger partial charge in [-0.15, -0.1) is 0 Å². The lowest BCUT2D eigenvalue weighted by molar-refractivity contribution is -0.131. The molecule has 2 atom stereocenters. The van der Waals surface area contributed by atoms with Gasteiger partial charge in [-0.2, -0.15) is 15.8 Å². The highest BCUT2D eigenvalue weighted by atomic mass is 16.2. The minimum Gasteiger partial charge on any atom is -0.325 e. The first kappa shape index (κ1) is 18.7. The highest BCUT2D eigenvalue weighted by molar-refractivity contribution is 6.20. The van der Waals surface area contributed by atoms with Crippen LogP contribution in [0.4, 0.5) is 11.4 Å². The second-order valence-corrected chi connectivity index (χ2v) is 6.86. The summed E-state index contributed by atoms with van der Waals surface area (Å²) < 4.78 is 0. The Balaban J connectivity index is 2.29. The predicted molar refractivity (Wildman–Crippen MR) is 105 cm³/mol. The molecule has 0 aromatic heterocycles. The molecule has 30 heavy (non-hydrogen) atoms. The molecule has 2 heterocycles. The topological polar surface area (TPSA) is 153 Å². The molecule has 4 rings (SSSR count). The van der Waals surface area contributed by atoms with Crippen LogP contribution in [0.2, 0.25) is 0 Å². The van der Waals surface area contributed by atoms with Crippen LogP contribution in [0.1, 0.15) is 11.1 Å². The molecule has 3 N–H and O–H groups in total. The van der Waals surface area contributed by atoms with E-state index in [1.807, 2.05) is 24.1 Å². The average Bonchev–Trinajstić information content (AvgIpc) is 3.22. The van der Waals surface area contributed by atoms with E-state index < -0.39 is 34.1 Å². The van der Waals surface area contributed by atoms with Gasteiger partial charge in [0.05, 0.1) is 12.1 Å². The van der Waals surface area contributed by atoms with Crippen LogP contribution in [0.25, 0.3) is 0 Å². The summed E-state index contributed by atoms with van der Waals surface area (Å²) >= 11 is 0. The fraction of sp³-hybridized carbons (Fsp3) is 0.136. The van der Waals surface area contributed by atoms with Crippen LogP contribution in [0.15, 0.2) is 54.1 Å². The van der Waals surface area contributed by atoms with Gasteiger partial charge in [-0.1, -0.05) is 36.4 Å². The summed E-state index contributed by atoms with van der Waals surface area (Å²) in [5.41, 5.74) is -3.58. The van der Waals surface area contributed by atoms with Crippen molar-refractivity contribution >= 4 is 29.1 Å². The molecule has 0 saturated heterocycles. The molecule has 0 saturated carbocycles. The summed E-state index contributed by atoms with van der Waals surface area (Å²) in [6.45, 7) is 0. The summed E-state index contributed by atoms with van der Waals surface area (Å²) in [4.78, 5) is 27.2. The van der Waals surface area contributed by atoms with Gasteiger partial charge in [-0.25, -0.2) is 0 Å². The number of hydrogen-bond donors (Lipinski definition) is 3. The Labute approximate surface area is 171 Å². The van der Waals surface area contributed by atoms with Gasteiger partial charge in [0.1, 0.15) is 22.5 Å². The molecule has 2 amide bonds. The number of benzene rings is 2. The summed E-state index contributed by atoms with van der Waals surface area (Å²) in [7, 11) is 0. The smallest absolute Gasteiger partial charge is 0.242 e. The molecular weight excluding hydrogens is 380 g/mol. The fourth-order valence-electron chi connectivity index (χ4n) is 4.68. The molecule has 0 spiro atoms. The quantitative estimate of drug-likeness (QED) is 0.539. The van der Waals surface area contributed by atoms with Crippen LogP contribution in [0, 0.1) is 45.3 Å². The van der Waals surface area contributed by atoms with Gasteiger partial charge in [0.15, 0.2) is 5.92 Å². The molecule has 0 aliphatic carbocycles. The zero-order valence-corrected chi connectivity index (χ0v) is 15.4. The number of carbonyl (C=O) groups is 2. The molecule has 8 nitrogen and oxygen atoms in total. The van der Waals surface area contributed by atoms with Crippen LogP contribution in [0.5, 0.6) is 0 Å². The van der Waals surface area contributed by atoms with Crippen molar-refractivity contribution in [3.63, 3.8) is 0 Å². The van der Waals surface area contributed by atoms with Crippen molar-refractivity contribution in [1.82, 2.24) is 0 Å². The molecule has 2 aliphatic heterocycles. The third-order valence-electron chi connectivity index (χ3n) is 5.77.